The average Bonchev–Trinajstić information content (AvgIpc) is 2.57. The molecule has 0 fully saturated rings. The highest BCUT2D eigenvalue weighted by molar-refractivity contribution is 8.04. The van der Waals surface area contributed by atoms with Crippen molar-refractivity contribution < 1.29 is 14.6 Å². The number of rotatable bonds is 3. The number of aromatic hydroxyl groups is 1. The molecule has 0 bridgehead atoms. The first kappa shape index (κ1) is 14.4. The predicted molar refractivity (Wildman–Crippen MR) is 87.7 cm³/mol. The smallest absolute Gasteiger partial charge is 0.161 e. The van der Waals surface area contributed by atoms with Crippen molar-refractivity contribution >= 4 is 33.3 Å². The van der Waals surface area contributed by atoms with E-state index in [9.17, 15) is 5.11 Å². The number of fused-ring (bicyclic) bond motifs is 3. The highest BCUT2D eigenvalue weighted by Gasteiger charge is 2.17. The summed E-state index contributed by atoms with van der Waals surface area (Å²) >= 11 is 0.938. The molecule has 3 aromatic carbocycles. The topological polar surface area (TPSA) is 62.5 Å². The predicted octanol–water partition coefficient (Wildman–Crippen LogP) is 4.29. The molecule has 3 aromatic rings. The van der Waals surface area contributed by atoms with Crippen molar-refractivity contribution in [2.45, 2.75) is 4.90 Å². The Hall–Kier alpha value is -2.58. The molecule has 22 heavy (non-hydrogen) atoms. The van der Waals surface area contributed by atoms with Crippen LogP contribution in [0.4, 0.5) is 0 Å². The van der Waals surface area contributed by atoms with Crippen molar-refractivity contribution in [1.82, 2.24) is 0 Å². The van der Waals surface area contributed by atoms with Gasteiger partial charge in [-0.25, -0.2) is 0 Å². The molecule has 0 aliphatic rings. The van der Waals surface area contributed by atoms with Gasteiger partial charge >= 0.3 is 0 Å². The Kier molecular flexibility index (Phi) is 3.70. The van der Waals surface area contributed by atoms with E-state index in [0.29, 0.717) is 21.8 Å². The molecule has 0 aliphatic heterocycles. The van der Waals surface area contributed by atoms with Gasteiger partial charge in [-0.2, -0.15) is 5.26 Å². The molecule has 0 saturated heterocycles. The third-order valence-electron chi connectivity index (χ3n) is 3.60. The van der Waals surface area contributed by atoms with E-state index in [1.807, 2.05) is 35.7 Å². The van der Waals surface area contributed by atoms with Gasteiger partial charge < -0.3 is 14.6 Å². The van der Waals surface area contributed by atoms with Gasteiger partial charge in [-0.05, 0) is 34.7 Å². The second-order valence-electron chi connectivity index (χ2n) is 4.67. The largest absolute Gasteiger partial charge is 0.506 e. The molecule has 3 rings (SSSR count). The van der Waals surface area contributed by atoms with Gasteiger partial charge in [-0.15, -0.1) is 0 Å². The lowest BCUT2D eigenvalue weighted by Gasteiger charge is -2.14. The highest BCUT2D eigenvalue weighted by atomic mass is 32.2. The Morgan fingerprint density at radius 1 is 0.955 bits per heavy atom. The van der Waals surface area contributed by atoms with Crippen LogP contribution in [0.3, 0.4) is 0 Å². The Bertz CT molecular complexity index is 915. The first-order chi connectivity index (χ1) is 10.7. The number of phenols is 1. The van der Waals surface area contributed by atoms with Gasteiger partial charge in [0.25, 0.3) is 0 Å². The normalized spacial score (nSPS) is 10.6. The van der Waals surface area contributed by atoms with Crippen LogP contribution in [0.5, 0.6) is 17.2 Å². The lowest BCUT2D eigenvalue weighted by atomic mass is 10.0. The van der Waals surface area contributed by atoms with Crippen molar-refractivity contribution in [2.75, 3.05) is 14.2 Å². The Morgan fingerprint density at radius 2 is 1.55 bits per heavy atom. The fourth-order valence-electron chi connectivity index (χ4n) is 2.61. The van der Waals surface area contributed by atoms with Gasteiger partial charge in [0, 0.05) is 10.8 Å². The standard InChI is InChI=1S/C17H13NO3S/c1-20-14-7-12-10-5-3-4-6-11(10)16(19)17(22-9-18)13(12)8-15(14)21-2/h3-8,19H,1-2H3. The summed E-state index contributed by atoms with van der Waals surface area (Å²) in [5.74, 6) is 1.28. The molecule has 0 aromatic heterocycles. The summed E-state index contributed by atoms with van der Waals surface area (Å²) in [5.41, 5.74) is 0. The maximum atomic E-state index is 10.5. The molecule has 4 nitrogen and oxygen atoms in total. The number of hydrogen-bond donors (Lipinski definition) is 1. The van der Waals surface area contributed by atoms with Crippen LogP contribution >= 0.6 is 11.8 Å². The number of thioether (sulfide) groups is 1. The lowest BCUT2D eigenvalue weighted by Crippen LogP contribution is -1.92. The minimum Gasteiger partial charge on any atom is -0.506 e. The van der Waals surface area contributed by atoms with Crippen LogP contribution in [-0.2, 0) is 0 Å². The van der Waals surface area contributed by atoms with E-state index in [2.05, 4.69) is 0 Å². The lowest BCUT2D eigenvalue weighted by molar-refractivity contribution is 0.356. The van der Waals surface area contributed by atoms with E-state index in [-0.39, 0.29) is 5.75 Å². The van der Waals surface area contributed by atoms with Crippen molar-refractivity contribution in [3.8, 4) is 22.6 Å². The second-order valence-corrected chi connectivity index (χ2v) is 5.46. The van der Waals surface area contributed by atoms with Gasteiger partial charge in [0.05, 0.1) is 19.1 Å². The fraction of sp³-hybridized carbons (Fsp3) is 0.118. The second kappa shape index (κ2) is 5.66. The summed E-state index contributed by atoms with van der Waals surface area (Å²) in [4.78, 5) is 0.525. The van der Waals surface area contributed by atoms with E-state index >= 15 is 0 Å². The quantitative estimate of drug-likeness (QED) is 0.444. The van der Waals surface area contributed by atoms with E-state index in [1.54, 1.807) is 20.3 Å². The first-order valence-corrected chi connectivity index (χ1v) is 7.38. The summed E-state index contributed by atoms with van der Waals surface area (Å²) in [5, 5.41) is 24.9. The molecule has 0 spiro atoms. The Morgan fingerprint density at radius 3 is 2.14 bits per heavy atom. The molecule has 0 unspecified atom stereocenters. The van der Waals surface area contributed by atoms with Gasteiger partial charge in [0.2, 0.25) is 0 Å². The van der Waals surface area contributed by atoms with E-state index in [1.165, 1.54) is 0 Å². The molecule has 5 heteroatoms. The van der Waals surface area contributed by atoms with Crippen LogP contribution in [0.2, 0.25) is 0 Å². The molecule has 0 heterocycles. The van der Waals surface area contributed by atoms with Gasteiger partial charge in [-0.3, -0.25) is 0 Å². The summed E-state index contributed by atoms with van der Waals surface area (Å²) < 4.78 is 10.7. The molecule has 0 atom stereocenters. The molecular formula is C17H13NO3S. The van der Waals surface area contributed by atoms with Crippen LogP contribution in [0, 0.1) is 10.7 Å². The monoisotopic (exact) mass is 311 g/mol. The number of nitriles is 1. The van der Waals surface area contributed by atoms with Crippen LogP contribution < -0.4 is 9.47 Å². The SMILES string of the molecule is COc1cc2c(SC#N)c(O)c3ccccc3c2cc1OC. The van der Waals surface area contributed by atoms with Crippen LogP contribution in [0.25, 0.3) is 21.5 Å². The molecule has 0 saturated carbocycles. The van der Waals surface area contributed by atoms with Crippen LogP contribution in [0.15, 0.2) is 41.3 Å². The van der Waals surface area contributed by atoms with Crippen molar-refractivity contribution in [3.05, 3.63) is 36.4 Å². The molecule has 0 radical (unpaired) electrons. The maximum Gasteiger partial charge on any atom is 0.161 e. The summed E-state index contributed by atoms with van der Waals surface area (Å²) in [7, 11) is 3.14. The van der Waals surface area contributed by atoms with Crippen LogP contribution in [-0.4, -0.2) is 19.3 Å². The van der Waals surface area contributed by atoms with Crippen molar-refractivity contribution in [1.29, 1.82) is 5.26 Å². The minimum absolute atomic E-state index is 0.113. The number of methoxy groups -OCH3 is 2. The number of nitrogens with zero attached hydrogens (tertiary/aromatic N) is 1. The molecule has 0 aliphatic carbocycles. The number of ether oxygens (including phenoxy) is 2. The highest BCUT2D eigenvalue weighted by Crippen LogP contribution is 2.45. The minimum atomic E-state index is 0.113. The first-order valence-electron chi connectivity index (χ1n) is 6.56. The van der Waals surface area contributed by atoms with Gasteiger partial charge in [-0.1, -0.05) is 24.3 Å². The van der Waals surface area contributed by atoms with E-state index in [0.717, 1.165) is 27.9 Å². The number of thiocyanates is 1. The fourth-order valence-corrected chi connectivity index (χ4v) is 3.19. The molecule has 1 N–H and O–H groups in total. The third kappa shape index (κ3) is 2.09. The number of benzene rings is 3. The van der Waals surface area contributed by atoms with Crippen molar-refractivity contribution in [3.63, 3.8) is 0 Å². The van der Waals surface area contributed by atoms with E-state index < -0.39 is 0 Å². The number of phenolic OH excluding ortho intramolecular Hbond substituents is 1. The molecule has 0 amide bonds. The molecule has 110 valence electrons. The molecular weight excluding hydrogens is 298 g/mol. The summed E-state index contributed by atoms with van der Waals surface area (Å²) in [6, 6.07) is 11.2. The third-order valence-corrected chi connectivity index (χ3v) is 4.31. The zero-order valence-corrected chi connectivity index (χ0v) is 12.9. The van der Waals surface area contributed by atoms with Gasteiger partial charge in [0.1, 0.15) is 11.2 Å². The Balaban J connectivity index is 2.54. The summed E-state index contributed by atoms with van der Waals surface area (Å²) in [6.45, 7) is 0. The Labute approximate surface area is 131 Å². The zero-order valence-electron chi connectivity index (χ0n) is 12.1. The zero-order chi connectivity index (χ0) is 15.7. The summed E-state index contributed by atoms with van der Waals surface area (Å²) in [6.07, 6.45) is 0. The van der Waals surface area contributed by atoms with Gasteiger partial charge in [0.15, 0.2) is 11.5 Å². The van der Waals surface area contributed by atoms with E-state index in [4.69, 9.17) is 14.7 Å². The maximum absolute atomic E-state index is 10.5. The average molecular weight is 311 g/mol. The number of hydrogen-bond acceptors (Lipinski definition) is 5. The van der Waals surface area contributed by atoms with Crippen LogP contribution in [0.1, 0.15) is 0 Å². The van der Waals surface area contributed by atoms with Crippen molar-refractivity contribution in [2.24, 2.45) is 0 Å².